The van der Waals surface area contributed by atoms with E-state index in [2.05, 4.69) is 21.2 Å². The van der Waals surface area contributed by atoms with Crippen molar-refractivity contribution in [2.24, 2.45) is 5.92 Å². The number of carbonyl (C=O) groups excluding carboxylic acids is 2. The molecule has 1 saturated heterocycles. The maximum Gasteiger partial charge on any atom is 0.254 e. The molecule has 108 valence electrons. The highest BCUT2D eigenvalue weighted by molar-refractivity contribution is 9.10. The van der Waals surface area contributed by atoms with E-state index in [9.17, 15) is 9.59 Å². The predicted octanol–water partition coefficient (Wildman–Crippen LogP) is 2.36. The van der Waals surface area contributed by atoms with Crippen LogP contribution in [-0.4, -0.2) is 36.9 Å². The van der Waals surface area contributed by atoms with Crippen LogP contribution in [0, 0.1) is 12.8 Å². The van der Waals surface area contributed by atoms with Crippen LogP contribution in [0.4, 0.5) is 0 Å². The van der Waals surface area contributed by atoms with Crippen LogP contribution in [0.15, 0.2) is 22.7 Å². The van der Waals surface area contributed by atoms with Crippen LogP contribution in [0.3, 0.4) is 0 Å². The normalized spacial score (nSPS) is 16.1. The Hall–Kier alpha value is -1.36. The number of hydrogen-bond acceptors (Lipinski definition) is 2. The number of rotatable bonds is 2. The summed E-state index contributed by atoms with van der Waals surface area (Å²) in [6.07, 6.45) is 1.46. The van der Waals surface area contributed by atoms with Crippen LogP contribution in [0.25, 0.3) is 0 Å². The molecule has 1 aliphatic rings. The molecule has 0 atom stereocenters. The number of piperidine rings is 1. The van der Waals surface area contributed by atoms with Crippen molar-refractivity contribution in [3.8, 4) is 0 Å². The van der Waals surface area contributed by atoms with Gasteiger partial charge in [0.05, 0.1) is 5.56 Å². The van der Waals surface area contributed by atoms with Crippen LogP contribution in [0.2, 0.25) is 0 Å². The van der Waals surface area contributed by atoms with Crippen LogP contribution < -0.4 is 5.32 Å². The minimum atomic E-state index is 0.0329. The van der Waals surface area contributed by atoms with Crippen molar-refractivity contribution in [3.63, 3.8) is 0 Å². The van der Waals surface area contributed by atoms with Gasteiger partial charge in [-0.3, -0.25) is 9.59 Å². The summed E-state index contributed by atoms with van der Waals surface area (Å²) in [6.45, 7) is 3.27. The molecule has 0 aromatic heterocycles. The van der Waals surface area contributed by atoms with E-state index in [0.717, 1.165) is 22.9 Å². The number of likely N-dealkylation sites (tertiary alicyclic amines) is 1. The highest BCUT2D eigenvalue weighted by atomic mass is 79.9. The summed E-state index contributed by atoms with van der Waals surface area (Å²) >= 11 is 3.45. The number of amides is 2. The Balaban J connectivity index is 2.03. The number of carbonyl (C=O) groups is 2. The highest BCUT2D eigenvalue weighted by Gasteiger charge is 2.27. The van der Waals surface area contributed by atoms with Crippen molar-refractivity contribution in [3.05, 3.63) is 33.8 Å². The average molecular weight is 339 g/mol. The molecule has 1 heterocycles. The molecular formula is C15H19BrN2O2. The monoisotopic (exact) mass is 338 g/mol. The number of nitrogens with one attached hydrogen (secondary N) is 1. The Labute approximate surface area is 127 Å². The molecule has 2 amide bonds. The van der Waals surface area contributed by atoms with E-state index in [4.69, 9.17) is 0 Å². The lowest BCUT2D eigenvalue weighted by molar-refractivity contribution is -0.125. The summed E-state index contributed by atoms with van der Waals surface area (Å²) < 4.78 is 0.830. The van der Waals surface area contributed by atoms with E-state index >= 15 is 0 Å². The van der Waals surface area contributed by atoms with Gasteiger partial charge in [0, 0.05) is 30.5 Å². The SMILES string of the molecule is CNC(=O)C1CCN(C(=O)c2ccc(C)cc2Br)CC1. The molecule has 0 saturated carbocycles. The first-order chi connectivity index (χ1) is 9.52. The quantitative estimate of drug-likeness (QED) is 0.899. The summed E-state index contributed by atoms with van der Waals surface area (Å²) in [5.41, 5.74) is 1.81. The van der Waals surface area contributed by atoms with E-state index in [1.165, 1.54) is 0 Å². The standard InChI is InChI=1S/C15H19BrN2O2/c1-10-3-4-12(13(16)9-10)15(20)18-7-5-11(6-8-18)14(19)17-2/h3-4,9,11H,5-8H2,1-2H3,(H,17,19). The third-order valence-electron chi connectivity index (χ3n) is 3.75. The van der Waals surface area contributed by atoms with Gasteiger partial charge in [0.15, 0.2) is 0 Å². The molecule has 1 fully saturated rings. The van der Waals surface area contributed by atoms with Gasteiger partial charge in [-0.1, -0.05) is 6.07 Å². The Morgan fingerprint density at radius 1 is 1.30 bits per heavy atom. The highest BCUT2D eigenvalue weighted by Crippen LogP contribution is 2.23. The molecule has 1 N–H and O–H groups in total. The van der Waals surface area contributed by atoms with Crippen LogP contribution >= 0.6 is 15.9 Å². The topological polar surface area (TPSA) is 49.4 Å². The Morgan fingerprint density at radius 3 is 2.50 bits per heavy atom. The third-order valence-corrected chi connectivity index (χ3v) is 4.41. The number of nitrogens with zero attached hydrogens (tertiary/aromatic N) is 1. The number of hydrogen-bond donors (Lipinski definition) is 1. The maximum absolute atomic E-state index is 12.5. The van der Waals surface area contributed by atoms with E-state index < -0.39 is 0 Å². The molecular weight excluding hydrogens is 320 g/mol. The molecule has 1 aliphatic heterocycles. The predicted molar refractivity (Wildman–Crippen MR) is 81.6 cm³/mol. The summed E-state index contributed by atoms with van der Waals surface area (Å²) in [7, 11) is 1.66. The average Bonchev–Trinajstić information content (AvgIpc) is 2.46. The zero-order valence-electron chi connectivity index (χ0n) is 11.8. The summed E-state index contributed by atoms with van der Waals surface area (Å²) in [4.78, 5) is 25.9. The van der Waals surface area contributed by atoms with Gasteiger partial charge in [0.25, 0.3) is 5.91 Å². The largest absolute Gasteiger partial charge is 0.359 e. The Morgan fingerprint density at radius 2 is 1.95 bits per heavy atom. The lowest BCUT2D eigenvalue weighted by Crippen LogP contribution is -2.42. The fraction of sp³-hybridized carbons (Fsp3) is 0.467. The van der Waals surface area contributed by atoms with Crippen LogP contribution in [0.5, 0.6) is 0 Å². The van der Waals surface area contributed by atoms with Crippen molar-refractivity contribution in [1.29, 1.82) is 0 Å². The first-order valence-corrected chi connectivity index (χ1v) is 7.59. The van der Waals surface area contributed by atoms with Crippen molar-refractivity contribution in [1.82, 2.24) is 10.2 Å². The summed E-state index contributed by atoms with van der Waals surface area (Å²) in [5, 5.41) is 2.68. The molecule has 2 rings (SSSR count). The van der Waals surface area contributed by atoms with Crippen molar-refractivity contribution in [2.75, 3.05) is 20.1 Å². The minimum absolute atomic E-state index is 0.0329. The Kier molecular flexibility index (Phi) is 4.81. The second kappa shape index (κ2) is 6.39. The first-order valence-electron chi connectivity index (χ1n) is 6.80. The van der Waals surface area contributed by atoms with E-state index in [0.29, 0.717) is 18.7 Å². The van der Waals surface area contributed by atoms with Crippen LogP contribution in [0.1, 0.15) is 28.8 Å². The lowest BCUT2D eigenvalue weighted by atomic mass is 9.95. The van der Waals surface area contributed by atoms with Crippen LogP contribution in [-0.2, 0) is 4.79 Å². The second-order valence-electron chi connectivity index (χ2n) is 5.16. The zero-order valence-corrected chi connectivity index (χ0v) is 13.4. The number of benzene rings is 1. The number of halogens is 1. The molecule has 0 unspecified atom stereocenters. The second-order valence-corrected chi connectivity index (χ2v) is 6.02. The Bertz CT molecular complexity index is 523. The van der Waals surface area contributed by atoms with Crippen molar-refractivity contribution < 1.29 is 9.59 Å². The van der Waals surface area contributed by atoms with Gasteiger partial charge in [-0.25, -0.2) is 0 Å². The molecule has 0 aliphatic carbocycles. The molecule has 5 heteroatoms. The van der Waals surface area contributed by atoms with Gasteiger partial charge in [-0.15, -0.1) is 0 Å². The number of aryl methyl sites for hydroxylation is 1. The molecule has 0 bridgehead atoms. The fourth-order valence-electron chi connectivity index (χ4n) is 2.51. The van der Waals surface area contributed by atoms with E-state index in [1.807, 2.05) is 30.0 Å². The van der Waals surface area contributed by atoms with Gasteiger partial charge in [-0.05, 0) is 53.4 Å². The molecule has 4 nitrogen and oxygen atoms in total. The van der Waals surface area contributed by atoms with E-state index in [1.54, 1.807) is 7.05 Å². The molecule has 0 radical (unpaired) electrons. The molecule has 1 aromatic rings. The maximum atomic E-state index is 12.5. The minimum Gasteiger partial charge on any atom is -0.359 e. The smallest absolute Gasteiger partial charge is 0.254 e. The zero-order chi connectivity index (χ0) is 14.7. The van der Waals surface area contributed by atoms with Gasteiger partial charge in [0.1, 0.15) is 0 Å². The summed E-state index contributed by atoms with van der Waals surface area (Å²) in [6, 6.07) is 5.74. The molecule has 20 heavy (non-hydrogen) atoms. The van der Waals surface area contributed by atoms with Gasteiger partial charge in [0.2, 0.25) is 5.91 Å². The summed E-state index contributed by atoms with van der Waals surface area (Å²) in [5.74, 6) is 0.145. The van der Waals surface area contributed by atoms with Crippen molar-refractivity contribution >= 4 is 27.7 Å². The van der Waals surface area contributed by atoms with Gasteiger partial charge in [-0.2, -0.15) is 0 Å². The molecule has 0 spiro atoms. The first kappa shape index (κ1) is 15.0. The third kappa shape index (κ3) is 3.20. The fourth-order valence-corrected chi connectivity index (χ4v) is 3.18. The molecule has 1 aromatic carbocycles. The van der Waals surface area contributed by atoms with Crippen molar-refractivity contribution in [2.45, 2.75) is 19.8 Å². The van der Waals surface area contributed by atoms with E-state index in [-0.39, 0.29) is 17.7 Å². The van der Waals surface area contributed by atoms with Gasteiger partial charge >= 0.3 is 0 Å². The lowest BCUT2D eigenvalue weighted by Gasteiger charge is -2.31. The van der Waals surface area contributed by atoms with Gasteiger partial charge < -0.3 is 10.2 Å².